The molecular weight excluding hydrogens is 332 g/mol. The Hall–Kier alpha value is -3.49. The van der Waals surface area contributed by atoms with Crippen LogP contribution in [-0.2, 0) is 6.54 Å². The van der Waals surface area contributed by atoms with E-state index in [1.807, 2.05) is 42.7 Å². The van der Waals surface area contributed by atoms with Gasteiger partial charge in [0, 0.05) is 0 Å². The van der Waals surface area contributed by atoms with Gasteiger partial charge in [-0.05, 0) is 32.0 Å². The van der Waals surface area contributed by atoms with Gasteiger partial charge < -0.3 is 9.88 Å². The van der Waals surface area contributed by atoms with E-state index < -0.39 is 0 Å². The number of nitrogens with one attached hydrogen (secondary N) is 3. The van der Waals surface area contributed by atoms with Gasteiger partial charge >= 0.3 is 0 Å². The normalized spacial score (nSPS) is 12.4. The van der Waals surface area contributed by atoms with Crippen molar-refractivity contribution in [1.82, 2.24) is 40.2 Å². The Morgan fingerprint density at radius 1 is 1.27 bits per heavy atom. The van der Waals surface area contributed by atoms with Crippen LogP contribution in [0.4, 0.5) is 0 Å². The maximum atomic E-state index is 12.4. The minimum Gasteiger partial charge on any atom is -0.341 e. The van der Waals surface area contributed by atoms with Gasteiger partial charge in [0.15, 0.2) is 5.82 Å². The van der Waals surface area contributed by atoms with Crippen molar-refractivity contribution < 1.29 is 4.79 Å². The van der Waals surface area contributed by atoms with Crippen LogP contribution in [0.15, 0.2) is 36.7 Å². The first-order valence-electron chi connectivity index (χ1n) is 8.24. The number of hydrogen-bond acceptors (Lipinski definition) is 5. The van der Waals surface area contributed by atoms with Crippen molar-refractivity contribution in [1.29, 1.82) is 0 Å². The number of amides is 1. The fourth-order valence-electron chi connectivity index (χ4n) is 2.77. The maximum Gasteiger partial charge on any atom is 0.272 e. The van der Waals surface area contributed by atoms with Crippen molar-refractivity contribution in [3.63, 3.8) is 0 Å². The van der Waals surface area contributed by atoms with Crippen molar-refractivity contribution in [2.24, 2.45) is 0 Å². The highest BCUT2D eigenvalue weighted by Gasteiger charge is 2.17. The van der Waals surface area contributed by atoms with E-state index in [2.05, 4.69) is 35.7 Å². The van der Waals surface area contributed by atoms with Crippen LogP contribution in [0.1, 0.15) is 40.8 Å². The molecule has 0 aliphatic carbocycles. The van der Waals surface area contributed by atoms with Crippen molar-refractivity contribution in [3.05, 3.63) is 59.7 Å². The van der Waals surface area contributed by atoms with Gasteiger partial charge in [0.2, 0.25) is 0 Å². The van der Waals surface area contributed by atoms with Crippen LogP contribution in [0.25, 0.3) is 11.0 Å². The van der Waals surface area contributed by atoms with Crippen LogP contribution in [-0.4, -0.2) is 40.8 Å². The molecule has 26 heavy (non-hydrogen) atoms. The van der Waals surface area contributed by atoms with Crippen LogP contribution < -0.4 is 5.32 Å². The molecular formula is C17H18N8O. The number of imidazole rings is 1. The molecule has 0 radical (unpaired) electrons. The van der Waals surface area contributed by atoms with Gasteiger partial charge in [-0.25, -0.2) is 9.97 Å². The third-order valence-electron chi connectivity index (χ3n) is 4.08. The fourth-order valence-corrected chi connectivity index (χ4v) is 2.77. The smallest absolute Gasteiger partial charge is 0.272 e. The van der Waals surface area contributed by atoms with E-state index in [9.17, 15) is 4.79 Å². The van der Waals surface area contributed by atoms with E-state index >= 15 is 0 Å². The lowest BCUT2D eigenvalue weighted by Crippen LogP contribution is -2.27. The SMILES string of the molecule is Cc1nc([C@@H](C)NC(=O)c2cc(Cn3cnc4ccccc43)[nH]n2)n[nH]1. The standard InChI is InChI=1S/C17H18N8O/c1-10(16-20-11(2)21-24-16)19-17(26)14-7-12(22-23-14)8-25-9-18-13-5-3-4-6-15(13)25/h3-7,9-10H,8H2,1-2H3,(H,19,26)(H,22,23)(H,20,21,24)/t10-/m1/s1. The predicted octanol–water partition coefficient (Wildman–Crippen LogP) is 1.73. The molecule has 1 aromatic carbocycles. The Kier molecular flexibility index (Phi) is 3.96. The second-order valence-electron chi connectivity index (χ2n) is 6.11. The number of H-pyrrole nitrogens is 2. The lowest BCUT2D eigenvalue weighted by Gasteiger charge is -2.08. The van der Waals surface area contributed by atoms with E-state index in [0.29, 0.717) is 23.9 Å². The summed E-state index contributed by atoms with van der Waals surface area (Å²) in [6.07, 6.45) is 1.78. The van der Waals surface area contributed by atoms with Gasteiger partial charge in [-0.2, -0.15) is 10.2 Å². The molecule has 3 N–H and O–H groups in total. The molecule has 0 aliphatic rings. The molecule has 1 atom stereocenters. The molecule has 132 valence electrons. The van der Waals surface area contributed by atoms with Crippen molar-refractivity contribution in [2.75, 3.05) is 0 Å². The molecule has 0 aliphatic heterocycles. The van der Waals surface area contributed by atoms with Crippen LogP contribution in [0, 0.1) is 6.92 Å². The Labute approximate surface area is 148 Å². The third-order valence-corrected chi connectivity index (χ3v) is 4.08. The number of hydrogen-bond donors (Lipinski definition) is 3. The largest absolute Gasteiger partial charge is 0.341 e. The molecule has 0 saturated carbocycles. The van der Waals surface area contributed by atoms with Crippen LogP contribution >= 0.6 is 0 Å². The summed E-state index contributed by atoms with van der Waals surface area (Å²) in [5, 5.41) is 16.7. The van der Waals surface area contributed by atoms with E-state index in [0.717, 1.165) is 16.7 Å². The summed E-state index contributed by atoms with van der Waals surface area (Å²) in [4.78, 5) is 21.0. The second-order valence-corrected chi connectivity index (χ2v) is 6.11. The van der Waals surface area contributed by atoms with Gasteiger partial charge in [0.05, 0.1) is 35.6 Å². The average Bonchev–Trinajstić information content (AvgIpc) is 3.36. The molecule has 0 unspecified atom stereocenters. The zero-order chi connectivity index (χ0) is 18.1. The number of benzene rings is 1. The summed E-state index contributed by atoms with van der Waals surface area (Å²) in [5.41, 5.74) is 3.10. The van der Waals surface area contributed by atoms with E-state index in [4.69, 9.17) is 0 Å². The molecule has 4 rings (SSSR count). The number of carbonyl (C=O) groups is 1. The van der Waals surface area contributed by atoms with Gasteiger partial charge in [0.1, 0.15) is 11.5 Å². The van der Waals surface area contributed by atoms with Crippen molar-refractivity contribution in [2.45, 2.75) is 26.4 Å². The summed E-state index contributed by atoms with van der Waals surface area (Å²) in [7, 11) is 0. The second kappa shape index (κ2) is 6.43. The Bertz CT molecular complexity index is 1060. The molecule has 9 nitrogen and oxygen atoms in total. The molecule has 4 aromatic rings. The number of aromatic nitrogens is 7. The minimum atomic E-state index is -0.315. The molecule has 0 bridgehead atoms. The lowest BCUT2D eigenvalue weighted by atomic mass is 10.2. The molecule has 3 aromatic heterocycles. The van der Waals surface area contributed by atoms with Crippen LogP contribution in [0.2, 0.25) is 0 Å². The quantitative estimate of drug-likeness (QED) is 0.507. The van der Waals surface area contributed by atoms with Crippen molar-refractivity contribution in [3.8, 4) is 0 Å². The molecule has 3 heterocycles. The number of aryl methyl sites for hydroxylation is 1. The lowest BCUT2D eigenvalue weighted by molar-refractivity contribution is 0.0933. The highest BCUT2D eigenvalue weighted by molar-refractivity contribution is 5.92. The number of aromatic amines is 2. The highest BCUT2D eigenvalue weighted by atomic mass is 16.2. The number of rotatable bonds is 5. The summed E-state index contributed by atoms with van der Waals surface area (Å²) in [5.74, 6) is 0.963. The summed E-state index contributed by atoms with van der Waals surface area (Å²) >= 11 is 0. The van der Waals surface area contributed by atoms with Crippen molar-refractivity contribution >= 4 is 16.9 Å². The van der Waals surface area contributed by atoms with E-state index in [1.165, 1.54) is 0 Å². The minimum absolute atomic E-state index is 0.280. The molecule has 0 fully saturated rings. The van der Waals surface area contributed by atoms with E-state index in [1.54, 1.807) is 12.4 Å². The average molecular weight is 350 g/mol. The zero-order valence-corrected chi connectivity index (χ0v) is 14.4. The fraction of sp³-hybridized carbons (Fsp3) is 0.235. The molecule has 9 heteroatoms. The van der Waals surface area contributed by atoms with Crippen LogP contribution in [0.3, 0.4) is 0 Å². The van der Waals surface area contributed by atoms with Gasteiger partial charge in [0.25, 0.3) is 5.91 Å². The van der Waals surface area contributed by atoms with Crippen LogP contribution in [0.5, 0.6) is 0 Å². The summed E-state index contributed by atoms with van der Waals surface area (Å²) < 4.78 is 2.00. The Morgan fingerprint density at radius 2 is 2.12 bits per heavy atom. The van der Waals surface area contributed by atoms with Gasteiger partial charge in [-0.1, -0.05) is 12.1 Å². The first kappa shape index (κ1) is 16.0. The van der Waals surface area contributed by atoms with E-state index in [-0.39, 0.29) is 11.9 Å². The first-order chi connectivity index (χ1) is 12.6. The number of fused-ring (bicyclic) bond motifs is 1. The topological polar surface area (TPSA) is 117 Å². The highest BCUT2D eigenvalue weighted by Crippen LogP contribution is 2.14. The summed E-state index contributed by atoms with van der Waals surface area (Å²) in [6, 6.07) is 9.31. The predicted molar refractivity (Wildman–Crippen MR) is 94.4 cm³/mol. The maximum absolute atomic E-state index is 12.4. The monoisotopic (exact) mass is 350 g/mol. The molecule has 0 saturated heterocycles. The van der Waals surface area contributed by atoms with Gasteiger partial charge in [-0.3, -0.25) is 15.0 Å². The number of para-hydroxylation sites is 2. The molecule has 1 amide bonds. The first-order valence-corrected chi connectivity index (χ1v) is 8.24. The Balaban J connectivity index is 1.46. The third kappa shape index (κ3) is 3.06. The number of carbonyl (C=O) groups excluding carboxylic acids is 1. The zero-order valence-electron chi connectivity index (χ0n) is 14.4. The number of nitrogens with zero attached hydrogens (tertiary/aromatic N) is 5. The van der Waals surface area contributed by atoms with Gasteiger partial charge in [-0.15, -0.1) is 0 Å². The molecule has 0 spiro atoms. The Morgan fingerprint density at radius 3 is 2.92 bits per heavy atom. The summed E-state index contributed by atoms with van der Waals surface area (Å²) in [6.45, 7) is 4.19.